The lowest BCUT2D eigenvalue weighted by Crippen LogP contribution is -2.18. The highest BCUT2D eigenvalue weighted by atomic mass is 79.9. The van der Waals surface area contributed by atoms with E-state index >= 15 is 0 Å². The lowest BCUT2D eigenvalue weighted by Gasteiger charge is -2.10. The molecule has 0 aliphatic heterocycles. The number of hydrogen-bond acceptors (Lipinski definition) is 2. The maximum Gasteiger partial charge on any atom is 0.573 e. The van der Waals surface area contributed by atoms with Gasteiger partial charge in [0.1, 0.15) is 5.75 Å². The molecule has 2 nitrogen and oxygen atoms in total. The van der Waals surface area contributed by atoms with E-state index in [-0.39, 0.29) is 0 Å². The van der Waals surface area contributed by atoms with E-state index in [1.165, 1.54) is 0 Å². The van der Waals surface area contributed by atoms with Gasteiger partial charge >= 0.3 is 6.36 Å². The summed E-state index contributed by atoms with van der Waals surface area (Å²) in [6, 6.07) is 1.57. The van der Waals surface area contributed by atoms with E-state index < -0.39 is 28.2 Å². The molecule has 0 spiro atoms. The Morgan fingerprint density at radius 1 is 1.29 bits per heavy atom. The summed E-state index contributed by atoms with van der Waals surface area (Å²) in [5.74, 6) is -2.80. The van der Waals surface area contributed by atoms with Crippen LogP contribution in [0, 0.1) is 5.82 Å². The first-order chi connectivity index (χ1) is 6.31. The molecule has 0 bridgehead atoms. The second kappa shape index (κ2) is 3.64. The molecule has 0 aliphatic rings. The standard InChI is InChI=1S/C7H3BrF4O2/c8-5-3(13)1-2-4(6(5)9)14-7(10,11)12/h1-2,13H. The third-order valence-electron chi connectivity index (χ3n) is 1.25. The van der Waals surface area contributed by atoms with Gasteiger partial charge in [-0.2, -0.15) is 0 Å². The first-order valence-corrected chi connectivity index (χ1v) is 4.03. The second-order valence-electron chi connectivity index (χ2n) is 2.26. The largest absolute Gasteiger partial charge is 0.573 e. The molecule has 0 fully saturated rings. The Balaban J connectivity index is 3.06. The van der Waals surface area contributed by atoms with Gasteiger partial charge in [-0.15, -0.1) is 13.2 Å². The zero-order valence-corrected chi connectivity index (χ0v) is 7.99. The van der Waals surface area contributed by atoms with Crippen LogP contribution in [-0.4, -0.2) is 11.5 Å². The fourth-order valence-corrected chi connectivity index (χ4v) is 1.05. The molecule has 1 aromatic rings. The minimum atomic E-state index is -4.96. The first kappa shape index (κ1) is 11.1. The Morgan fingerprint density at radius 2 is 1.86 bits per heavy atom. The van der Waals surface area contributed by atoms with Crippen LogP contribution in [0.25, 0.3) is 0 Å². The van der Waals surface area contributed by atoms with Crippen LogP contribution in [0.15, 0.2) is 16.6 Å². The van der Waals surface area contributed by atoms with E-state index in [4.69, 9.17) is 5.11 Å². The minimum Gasteiger partial charge on any atom is -0.507 e. The van der Waals surface area contributed by atoms with Crippen molar-refractivity contribution in [2.75, 3.05) is 0 Å². The number of phenols is 1. The summed E-state index contributed by atoms with van der Waals surface area (Å²) in [5, 5.41) is 8.90. The third kappa shape index (κ3) is 2.50. The van der Waals surface area contributed by atoms with E-state index in [0.29, 0.717) is 6.07 Å². The van der Waals surface area contributed by atoms with Gasteiger partial charge in [-0.05, 0) is 28.1 Å². The van der Waals surface area contributed by atoms with Gasteiger partial charge in [-0.3, -0.25) is 0 Å². The molecular weight excluding hydrogens is 272 g/mol. The number of rotatable bonds is 1. The monoisotopic (exact) mass is 274 g/mol. The molecule has 7 heteroatoms. The number of halogens is 5. The quantitative estimate of drug-likeness (QED) is 0.797. The summed E-state index contributed by atoms with van der Waals surface area (Å²) >= 11 is 2.57. The summed E-state index contributed by atoms with van der Waals surface area (Å²) < 4.78 is 50.9. The molecule has 0 aromatic heterocycles. The SMILES string of the molecule is Oc1ccc(OC(F)(F)F)c(F)c1Br. The Hall–Kier alpha value is -0.980. The Labute approximate surface area is 84.2 Å². The molecule has 0 saturated heterocycles. The van der Waals surface area contributed by atoms with Crippen molar-refractivity contribution < 1.29 is 27.4 Å². The van der Waals surface area contributed by atoms with Crippen molar-refractivity contribution in [2.45, 2.75) is 6.36 Å². The van der Waals surface area contributed by atoms with Crippen LogP contribution in [0.5, 0.6) is 11.5 Å². The molecule has 0 radical (unpaired) electrons. The van der Waals surface area contributed by atoms with Gasteiger partial charge in [0.05, 0.1) is 4.47 Å². The number of alkyl halides is 3. The average Bonchev–Trinajstić information content (AvgIpc) is 2.04. The van der Waals surface area contributed by atoms with Crippen molar-refractivity contribution >= 4 is 15.9 Å². The predicted molar refractivity (Wildman–Crippen MR) is 42.4 cm³/mol. The van der Waals surface area contributed by atoms with Crippen LogP contribution in [0.2, 0.25) is 0 Å². The van der Waals surface area contributed by atoms with Gasteiger partial charge in [-0.25, -0.2) is 4.39 Å². The highest BCUT2D eigenvalue weighted by Crippen LogP contribution is 2.34. The van der Waals surface area contributed by atoms with E-state index in [1.807, 2.05) is 0 Å². The van der Waals surface area contributed by atoms with Crippen LogP contribution in [0.3, 0.4) is 0 Å². The summed E-state index contributed by atoms with van der Waals surface area (Å²) in [5.41, 5.74) is 0. The van der Waals surface area contributed by atoms with E-state index in [0.717, 1.165) is 6.07 Å². The number of hydrogen-bond donors (Lipinski definition) is 1. The Kier molecular flexibility index (Phi) is 2.89. The molecule has 1 aromatic carbocycles. The Morgan fingerprint density at radius 3 is 2.36 bits per heavy atom. The van der Waals surface area contributed by atoms with E-state index in [2.05, 4.69) is 20.7 Å². The minimum absolute atomic E-state index is 0.473. The van der Waals surface area contributed by atoms with Crippen molar-refractivity contribution in [3.05, 3.63) is 22.4 Å². The third-order valence-corrected chi connectivity index (χ3v) is 2.01. The van der Waals surface area contributed by atoms with Gasteiger partial charge in [0.2, 0.25) is 0 Å². The zero-order chi connectivity index (χ0) is 10.9. The molecule has 0 aliphatic carbocycles. The van der Waals surface area contributed by atoms with Crippen LogP contribution >= 0.6 is 15.9 Å². The lowest BCUT2D eigenvalue weighted by molar-refractivity contribution is -0.275. The highest BCUT2D eigenvalue weighted by molar-refractivity contribution is 9.10. The number of ether oxygens (including phenoxy) is 1. The molecular formula is C7H3BrF4O2. The molecule has 0 unspecified atom stereocenters. The second-order valence-corrected chi connectivity index (χ2v) is 3.05. The van der Waals surface area contributed by atoms with E-state index in [1.54, 1.807) is 0 Å². The molecule has 1 rings (SSSR count). The number of phenolic OH excluding ortho intramolecular Hbond substituents is 1. The average molecular weight is 275 g/mol. The molecule has 0 atom stereocenters. The molecule has 1 N–H and O–H groups in total. The van der Waals surface area contributed by atoms with Crippen molar-refractivity contribution in [3.8, 4) is 11.5 Å². The van der Waals surface area contributed by atoms with Gasteiger partial charge in [0.25, 0.3) is 0 Å². The number of aromatic hydroxyl groups is 1. The van der Waals surface area contributed by atoms with Gasteiger partial charge < -0.3 is 9.84 Å². The summed E-state index contributed by atoms with van der Waals surface area (Å²) in [6.07, 6.45) is -4.96. The normalized spacial score (nSPS) is 11.5. The number of benzene rings is 1. The maximum absolute atomic E-state index is 13.0. The topological polar surface area (TPSA) is 29.5 Å². The van der Waals surface area contributed by atoms with Crippen molar-refractivity contribution in [3.63, 3.8) is 0 Å². The fourth-order valence-electron chi connectivity index (χ4n) is 0.725. The molecule has 78 valence electrons. The molecule has 0 saturated carbocycles. The van der Waals surface area contributed by atoms with Crippen LogP contribution in [0.4, 0.5) is 17.6 Å². The van der Waals surface area contributed by atoms with Crippen molar-refractivity contribution in [1.29, 1.82) is 0 Å². The zero-order valence-electron chi connectivity index (χ0n) is 6.40. The summed E-state index contributed by atoms with van der Waals surface area (Å²) in [6.45, 7) is 0. The molecule has 0 heterocycles. The maximum atomic E-state index is 13.0. The summed E-state index contributed by atoms with van der Waals surface area (Å²) in [4.78, 5) is 0. The molecule has 0 amide bonds. The van der Waals surface area contributed by atoms with Crippen molar-refractivity contribution in [2.24, 2.45) is 0 Å². The fraction of sp³-hybridized carbons (Fsp3) is 0.143. The predicted octanol–water partition coefficient (Wildman–Crippen LogP) is 3.19. The van der Waals surface area contributed by atoms with Crippen LogP contribution in [-0.2, 0) is 0 Å². The Bertz CT molecular complexity index is 350. The van der Waals surface area contributed by atoms with Gasteiger partial charge in [-0.1, -0.05) is 0 Å². The lowest BCUT2D eigenvalue weighted by atomic mass is 10.3. The van der Waals surface area contributed by atoms with Crippen LogP contribution < -0.4 is 4.74 Å². The van der Waals surface area contributed by atoms with Crippen molar-refractivity contribution in [1.82, 2.24) is 0 Å². The highest BCUT2D eigenvalue weighted by Gasteiger charge is 2.33. The first-order valence-electron chi connectivity index (χ1n) is 3.24. The van der Waals surface area contributed by atoms with Gasteiger partial charge in [0.15, 0.2) is 11.6 Å². The molecule has 14 heavy (non-hydrogen) atoms. The van der Waals surface area contributed by atoms with E-state index in [9.17, 15) is 17.6 Å². The van der Waals surface area contributed by atoms with Gasteiger partial charge in [0, 0.05) is 0 Å². The summed E-state index contributed by atoms with van der Waals surface area (Å²) in [7, 11) is 0. The van der Waals surface area contributed by atoms with Crippen LogP contribution in [0.1, 0.15) is 0 Å². The smallest absolute Gasteiger partial charge is 0.507 e.